The first kappa shape index (κ1) is 20.1. The van der Waals surface area contributed by atoms with Crippen molar-refractivity contribution in [2.24, 2.45) is 5.14 Å². The third kappa shape index (κ3) is 3.58. The summed E-state index contributed by atoms with van der Waals surface area (Å²) >= 11 is 0. The molecule has 14 heteroatoms. The number of nitrogens with two attached hydrogens (primary N) is 2. The molecular weight excluding hydrogens is 408 g/mol. The second kappa shape index (κ2) is 6.65. The molecule has 2 fully saturated rings. The van der Waals surface area contributed by atoms with Gasteiger partial charge in [0.1, 0.15) is 36.2 Å². The second-order valence-corrected chi connectivity index (χ2v) is 8.44. The fraction of sp³-hybridized carbons (Fsp3) is 0.600. The summed E-state index contributed by atoms with van der Waals surface area (Å²) in [5.74, 6) is -1.20. The highest BCUT2D eigenvalue weighted by Crippen LogP contribution is 2.44. The van der Waals surface area contributed by atoms with Gasteiger partial charge in [-0.2, -0.15) is 13.5 Å². The van der Waals surface area contributed by atoms with E-state index < -0.39 is 40.6 Å². The first-order chi connectivity index (χ1) is 13.5. The summed E-state index contributed by atoms with van der Waals surface area (Å²) in [7, 11) is -4.18. The molecule has 4 N–H and O–H groups in total. The Kier molecular flexibility index (Phi) is 4.60. The molecule has 2 aromatic heterocycles. The van der Waals surface area contributed by atoms with E-state index in [1.165, 1.54) is 17.9 Å². The maximum Gasteiger partial charge on any atom is 0.333 e. The molecule has 0 unspecified atom stereocenters. The minimum absolute atomic E-state index is 0.0839. The molecule has 158 valence electrons. The number of ether oxygens (including phenoxy) is 3. The lowest BCUT2D eigenvalue weighted by Crippen LogP contribution is -2.34. The van der Waals surface area contributed by atoms with Crippen LogP contribution in [0.3, 0.4) is 0 Å². The van der Waals surface area contributed by atoms with Crippen LogP contribution in [0.2, 0.25) is 0 Å². The minimum atomic E-state index is -4.18. The van der Waals surface area contributed by atoms with Crippen LogP contribution in [-0.2, 0) is 28.7 Å². The third-order valence-electron chi connectivity index (χ3n) is 4.61. The van der Waals surface area contributed by atoms with Crippen molar-refractivity contribution in [3.8, 4) is 0 Å². The number of anilines is 1. The van der Waals surface area contributed by atoms with Crippen molar-refractivity contribution in [3.63, 3.8) is 0 Å². The predicted molar refractivity (Wildman–Crippen MR) is 96.5 cm³/mol. The standard InChI is InChI=1S/C15H20N6O7S/c1-6(22)9-8-12(16)18-5-19-13(8)21(20-9)14-11-10(27-15(2,3)28-11)7(26-14)4-25-29(17,23)24/h5,7,10-11,14H,4H2,1-3H3,(H2,16,18,19)(H2,17,23,24)/t7-,10-,11-,14-/m1/s1. The number of nitrogen functional groups attached to an aromatic ring is 1. The Hall–Kier alpha value is -2.23. The van der Waals surface area contributed by atoms with Gasteiger partial charge in [0.25, 0.3) is 0 Å². The molecule has 2 aromatic rings. The molecule has 0 aliphatic carbocycles. The summed E-state index contributed by atoms with van der Waals surface area (Å²) in [6.45, 7) is 4.38. The molecule has 0 aromatic carbocycles. The normalized spacial score (nSPS) is 28.7. The average molecular weight is 428 g/mol. The fourth-order valence-corrected chi connectivity index (χ4v) is 3.90. The molecule has 2 aliphatic rings. The van der Waals surface area contributed by atoms with E-state index >= 15 is 0 Å². The number of aromatic nitrogens is 4. The highest BCUT2D eigenvalue weighted by atomic mass is 32.2. The van der Waals surface area contributed by atoms with Gasteiger partial charge in [-0.15, -0.1) is 0 Å². The number of hydrogen-bond acceptors (Lipinski definition) is 11. The van der Waals surface area contributed by atoms with Gasteiger partial charge in [0.05, 0.1) is 12.0 Å². The zero-order valence-electron chi connectivity index (χ0n) is 15.8. The molecule has 4 heterocycles. The number of carbonyl (C=O) groups excluding carboxylic acids is 1. The number of hydrogen-bond donors (Lipinski definition) is 2. The van der Waals surface area contributed by atoms with Crippen molar-refractivity contribution in [2.45, 2.75) is 51.1 Å². The van der Waals surface area contributed by atoms with Gasteiger partial charge in [0, 0.05) is 6.92 Å². The van der Waals surface area contributed by atoms with E-state index in [1.807, 2.05) is 0 Å². The van der Waals surface area contributed by atoms with Gasteiger partial charge in [-0.3, -0.25) is 8.98 Å². The second-order valence-electron chi connectivity index (χ2n) is 7.21. The third-order valence-corrected chi connectivity index (χ3v) is 5.08. The van der Waals surface area contributed by atoms with Gasteiger partial charge >= 0.3 is 10.3 Å². The van der Waals surface area contributed by atoms with E-state index in [0.29, 0.717) is 5.39 Å². The SMILES string of the molecule is CC(=O)c1nn([C@@H]2O[C@H](COS(N)(=O)=O)[C@H]3OC(C)(C)O[C@H]32)c2ncnc(N)c12. The van der Waals surface area contributed by atoms with Crippen molar-refractivity contribution >= 4 is 32.9 Å². The first-order valence-electron chi connectivity index (χ1n) is 8.65. The number of carbonyl (C=O) groups is 1. The van der Waals surface area contributed by atoms with Crippen LogP contribution in [0, 0.1) is 0 Å². The molecule has 0 radical (unpaired) electrons. The summed E-state index contributed by atoms with van der Waals surface area (Å²) in [6.07, 6.45) is -1.83. The summed E-state index contributed by atoms with van der Waals surface area (Å²) in [6, 6.07) is 0. The maximum atomic E-state index is 12.1. The van der Waals surface area contributed by atoms with Crippen LogP contribution in [0.25, 0.3) is 11.0 Å². The van der Waals surface area contributed by atoms with Crippen molar-refractivity contribution in [1.29, 1.82) is 0 Å². The number of Topliss-reactive ketones (excluding diaryl/α,β-unsaturated/α-hetero) is 1. The lowest BCUT2D eigenvalue weighted by Gasteiger charge is -2.24. The Morgan fingerprint density at radius 2 is 2.00 bits per heavy atom. The van der Waals surface area contributed by atoms with Crippen LogP contribution >= 0.6 is 0 Å². The Morgan fingerprint density at radius 1 is 1.31 bits per heavy atom. The van der Waals surface area contributed by atoms with Crippen molar-refractivity contribution in [2.75, 3.05) is 12.3 Å². The molecule has 2 aliphatic heterocycles. The van der Waals surface area contributed by atoms with Gasteiger partial charge in [-0.05, 0) is 13.8 Å². The molecule has 0 amide bonds. The maximum absolute atomic E-state index is 12.1. The van der Waals surface area contributed by atoms with Gasteiger partial charge in [-0.25, -0.2) is 19.8 Å². The largest absolute Gasteiger partial charge is 0.383 e. The summed E-state index contributed by atoms with van der Waals surface area (Å²) < 4.78 is 46.2. The van der Waals surface area contributed by atoms with Crippen molar-refractivity contribution < 1.29 is 31.6 Å². The zero-order chi connectivity index (χ0) is 21.1. The molecule has 29 heavy (non-hydrogen) atoms. The molecule has 0 spiro atoms. The predicted octanol–water partition coefficient (Wildman–Crippen LogP) is -0.751. The molecule has 4 rings (SSSR count). The number of nitrogens with zero attached hydrogens (tertiary/aromatic N) is 4. The van der Waals surface area contributed by atoms with Gasteiger partial charge in [-0.1, -0.05) is 0 Å². The van der Waals surface area contributed by atoms with Gasteiger partial charge in [0.2, 0.25) is 0 Å². The first-order valence-corrected chi connectivity index (χ1v) is 10.1. The van der Waals surface area contributed by atoms with Crippen LogP contribution in [0.5, 0.6) is 0 Å². The van der Waals surface area contributed by atoms with Crippen LogP contribution in [-0.4, -0.2) is 64.7 Å². The average Bonchev–Trinajstić information content (AvgIpc) is 3.22. The summed E-state index contributed by atoms with van der Waals surface area (Å²) in [4.78, 5) is 20.2. The van der Waals surface area contributed by atoms with Crippen LogP contribution in [0.4, 0.5) is 5.82 Å². The summed E-state index contributed by atoms with van der Waals surface area (Å²) in [5.41, 5.74) is 6.28. The Balaban J connectivity index is 1.77. The Labute approximate surface area is 165 Å². The highest BCUT2D eigenvalue weighted by Gasteiger charge is 2.57. The van der Waals surface area contributed by atoms with E-state index in [-0.39, 0.29) is 29.5 Å². The van der Waals surface area contributed by atoms with Crippen molar-refractivity contribution in [3.05, 3.63) is 12.0 Å². The Bertz CT molecular complexity index is 1080. The molecule has 0 saturated carbocycles. The van der Waals surface area contributed by atoms with E-state index in [9.17, 15) is 13.2 Å². The van der Waals surface area contributed by atoms with E-state index in [4.69, 9.17) is 25.1 Å². The number of rotatable bonds is 5. The summed E-state index contributed by atoms with van der Waals surface area (Å²) in [5, 5.41) is 9.53. The number of ketones is 1. The monoisotopic (exact) mass is 428 g/mol. The smallest absolute Gasteiger partial charge is 0.333 e. The van der Waals surface area contributed by atoms with E-state index in [0.717, 1.165) is 0 Å². The Morgan fingerprint density at radius 3 is 2.66 bits per heavy atom. The molecule has 4 atom stereocenters. The molecular formula is C15H20N6O7S. The minimum Gasteiger partial charge on any atom is -0.383 e. The highest BCUT2D eigenvalue weighted by molar-refractivity contribution is 7.84. The zero-order valence-corrected chi connectivity index (χ0v) is 16.6. The van der Waals surface area contributed by atoms with E-state index in [2.05, 4.69) is 19.2 Å². The lowest BCUT2D eigenvalue weighted by molar-refractivity contribution is -0.200. The fourth-order valence-electron chi connectivity index (χ4n) is 3.57. The van der Waals surface area contributed by atoms with Gasteiger partial charge in [0.15, 0.2) is 23.4 Å². The molecule has 2 saturated heterocycles. The quantitative estimate of drug-likeness (QED) is 0.571. The molecule has 13 nitrogen and oxygen atoms in total. The van der Waals surface area contributed by atoms with Crippen molar-refractivity contribution in [1.82, 2.24) is 19.7 Å². The van der Waals surface area contributed by atoms with Gasteiger partial charge < -0.3 is 19.9 Å². The van der Waals surface area contributed by atoms with Crippen LogP contribution < -0.4 is 10.9 Å². The van der Waals surface area contributed by atoms with Crippen LogP contribution in [0.15, 0.2) is 6.33 Å². The molecule has 0 bridgehead atoms. The van der Waals surface area contributed by atoms with E-state index in [1.54, 1.807) is 13.8 Å². The topological polar surface area (TPSA) is 184 Å². The lowest BCUT2D eigenvalue weighted by atomic mass is 10.1. The van der Waals surface area contributed by atoms with Crippen LogP contribution in [0.1, 0.15) is 37.5 Å². The number of fused-ring (bicyclic) bond motifs is 2.